The fourth-order valence-corrected chi connectivity index (χ4v) is 2.28. The van der Waals surface area contributed by atoms with E-state index >= 15 is 0 Å². The molecule has 0 aromatic carbocycles. The van der Waals surface area contributed by atoms with Gasteiger partial charge < -0.3 is 14.6 Å². The van der Waals surface area contributed by atoms with E-state index < -0.39 is 0 Å². The van der Waals surface area contributed by atoms with Gasteiger partial charge in [-0.3, -0.25) is 9.69 Å². The number of likely N-dealkylation sites (tertiary alicyclic amines) is 1. The van der Waals surface area contributed by atoms with Gasteiger partial charge in [-0.15, -0.1) is 0 Å². The van der Waals surface area contributed by atoms with E-state index in [1.807, 2.05) is 29.8 Å². The minimum absolute atomic E-state index is 0.0442. The van der Waals surface area contributed by atoms with Crippen molar-refractivity contribution >= 4 is 5.91 Å². The molecule has 1 aliphatic rings. The second-order valence-corrected chi connectivity index (χ2v) is 4.80. The van der Waals surface area contributed by atoms with E-state index in [0.29, 0.717) is 6.54 Å². The number of carbonyl (C=O) groups is 1. The van der Waals surface area contributed by atoms with Crippen LogP contribution in [0.5, 0.6) is 0 Å². The van der Waals surface area contributed by atoms with E-state index in [2.05, 4.69) is 10.3 Å². The number of ether oxygens (including phenoxy) is 1. The lowest BCUT2D eigenvalue weighted by Gasteiger charge is -2.17. The molecule has 1 amide bonds. The fourth-order valence-electron chi connectivity index (χ4n) is 2.28. The van der Waals surface area contributed by atoms with Crippen LogP contribution in [0.15, 0.2) is 12.5 Å². The average Bonchev–Trinajstić information content (AvgIpc) is 2.92. The molecule has 6 heteroatoms. The molecule has 6 nitrogen and oxygen atoms in total. The van der Waals surface area contributed by atoms with E-state index in [1.54, 1.807) is 13.4 Å². The molecule has 2 rings (SSSR count). The number of nitrogens with one attached hydrogen (secondary N) is 1. The molecule has 1 saturated heterocycles. The Balaban J connectivity index is 1.85. The summed E-state index contributed by atoms with van der Waals surface area (Å²) < 4.78 is 7.16. The first-order chi connectivity index (χ1) is 8.60. The van der Waals surface area contributed by atoms with E-state index in [0.717, 1.165) is 18.7 Å². The first kappa shape index (κ1) is 13.0. The van der Waals surface area contributed by atoms with Gasteiger partial charge in [-0.25, -0.2) is 4.98 Å². The van der Waals surface area contributed by atoms with Crippen LogP contribution in [0.25, 0.3) is 0 Å². The predicted molar refractivity (Wildman–Crippen MR) is 66.9 cm³/mol. The summed E-state index contributed by atoms with van der Waals surface area (Å²) in [6.07, 6.45) is 4.53. The van der Waals surface area contributed by atoms with Crippen LogP contribution in [0, 0.1) is 0 Å². The quantitative estimate of drug-likeness (QED) is 0.803. The topological polar surface area (TPSA) is 59.4 Å². The third-order valence-electron chi connectivity index (χ3n) is 3.35. The third-order valence-corrected chi connectivity index (χ3v) is 3.35. The Morgan fingerprint density at radius 2 is 2.39 bits per heavy atom. The van der Waals surface area contributed by atoms with Crippen LogP contribution in [-0.4, -0.2) is 53.2 Å². The van der Waals surface area contributed by atoms with Gasteiger partial charge in [0, 0.05) is 26.9 Å². The van der Waals surface area contributed by atoms with Gasteiger partial charge >= 0.3 is 0 Å². The normalized spacial score (nSPS) is 24.4. The Labute approximate surface area is 107 Å². The second-order valence-electron chi connectivity index (χ2n) is 4.80. The van der Waals surface area contributed by atoms with Crippen molar-refractivity contribution in [1.82, 2.24) is 19.8 Å². The van der Waals surface area contributed by atoms with Crippen LogP contribution in [0.2, 0.25) is 0 Å². The Bertz CT molecular complexity index is 418. The van der Waals surface area contributed by atoms with Crippen LogP contribution in [-0.2, 0) is 23.1 Å². The van der Waals surface area contributed by atoms with Crippen molar-refractivity contribution in [2.24, 2.45) is 7.05 Å². The zero-order valence-electron chi connectivity index (χ0n) is 11.1. The van der Waals surface area contributed by atoms with Crippen LogP contribution < -0.4 is 5.32 Å². The number of methoxy groups -OCH3 is 1. The number of nitrogens with zero attached hydrogens (tertiary/aromatic N) is 3. The van der Waals surface area contributed by atoms with Gasteiger partial charge in [0.15, 0.2) is 0 Å². The van der Waals surface area contributed by atoms with Crippen LogP contribution in [0.1, 0.15) is 12.1 Å². The third kappa shape index (κ3) is 2.88. The number of amides is 1. The molecule has 1 N–H and O–H groups in total. The minimum Gasteiger partial charge on any atom is -0.380 e. The van der Waals surface area contributed by atoms with Gasteiger partial charge in [-0.1, -0.05) is 0 Å². The molecule has 100 valence electrons. The second kappa shape index (κ2) is 5.49. The summed E-state index contributed by atoms with van der Waals surface area (Å²) in [7, 11) is 5.54. The number of aromatic nitrogens is 2. The van der Waals surface area contributed by atoms with Crippen molar-refractivity contribution in [3.8, 4) is 0 Å². The molecule has 0 saturated carbocycles. The fraction of sp³-hybridized carbons (Fsp3) is 0.667. The highest BCUT2D eigenvalue weighted by atomic mass is 16.5. The first-order valence-electron chi connectivity index (χ1n) is 6.07. The smallest absolute Gasteiger partial charge is 0.237 e. The Morgan fingerprint density at radius 1 is 1.61 bits per heavy atom. The molecular weight excluding hydrogens is 232 g/mol. The summed E-state index contributed by atoms with van der Waals surface area (Å²) in [5.41, 5.74) is 0.870. The van der Waals surface area contributed by atoms with Crippen molar-refractivity contribution in [2.75, 3.05) is 20.7 Å². The van der Waals surface area contributed by atoms with Crippen LogP contribution >= 0.6 is 0 Å². The number of hydrogen-bond acceptors (Lipinski definition) is 4. The molecule has 18 heavy (non-hydrogen) atoms. The average molecular weight is 252 g/mol. The molecule has 2 atom stereocenters. The molecule has 0 spiro atoms. The monoisotopic (exact) mass is 252 g/mol. The van der Waals surface area contributed by atoms with Gasteiger partial charge in [0.1, 0.15) is 0 Å². The first-order valence-corrected chi connectivity index (χ1v) is 6.07. The number of imidazole rings is 1. The molecule has 1 aromatic rings. The minimum atomic E-state index is -0.0985. The number of hydrogen-bond donors (Lipinski definition) is 1. The Hall–Kier alpha value is -1.40. The van der Waals surface area contributed by atoms with Crippen molar-refractivity contribution in [1.29, 1.82) is 0 Å². The van der Waals surface area contributed by atoms with Gasteiger partial charge in [-0.2, -0.15) is 0 Å². The number of likely N-dealkylation sites (N-methyl/N-ethyl adjacent to an activating group) is 1. The van der Waals surface area contributed by atoms with Gasteiger partial charge in [-0.05, 0) is 13.5 Å². The highest BCUT2D eigenvalue weighted by molar-refractivity contribution is 5.82. The molecule has 1 aromatic heterocycles. The Kier molecular flexibility index (Phi) is 3.98. The van der Waals surface area contributed by atoms with E-state index in [1.165, 1.54) is 0 Å². The number of rotatable bonds is 4. The number of carbonyl (C=O) groups excluding carboxylic acids is 1. The molecule has 1 aliphatic heterocycles. The molecule has 0 aliphatic carbocycles. The summed E-state index contributed by atoms with van der Waals surface area (Å²) in [6.45, 7) is 1.28. The highest BCUT2D eigenvalue weighted by Crippen LogP contribution is 2.18. The summed E-state index contributed by atoms with van der Waals surface area (Å²) in [5, 5.41) is 2.92. The van der Waals surface area contributed by atoms with Crippen LogP contribution in [0.3, 0.4) is 0 Å². The standard InChI is InChI=1S/C12H20N4O2/c1-15-6-9(14-8-15)5-13-12(17)11-4-10(18-3)7-16(11)2/h6,8,10-11H,4-5,7H2,1-3H3,(H,13,17)/t10-,11-/m0/s1. The molecule has 0 unspecified atom stereocenters. The highest BCUT2D eigenvalue weighted by Gasteiger charge is 2.34. The zero-order chi connectivity index (χ0) is 13.1. The molecule has 0 radical (unpaired) electrons. The lowest BCUT2D eigenvalue weighted by atomic mass is 10.2. The van der Waals surface area contributed by atoms with Gasteiger partial charge in [0.25, 0.3) is 0 Å². The molecular formula is C12H20N4O2. The molecule has 1 fully saturated rings. The van der Waals surface area contributed by atoms with Gasteiger partial charge in [0.2, 0.25) is 5.91 Å². The maximum Gasteiger partial charge on any atom is 0.237 e. The van der Waals surface area contributed by atoms with E-state index in [4.69, 9.17) is 4.74 Å². The maximum atomic E-state index is 12.1. The summed E-state index contributed by atoms with van der Waals surface area (Å²) in [6, 6.07) is -0.0985. The largest absolute Gasteiger partial charge is 0.380 e. The molecule has 2 heterocycles. The van der Waals surface area contributed by atoms with Crippen molar-refractivity contribution < 1.29 is 9.53 Å². The predicted octanol–water partition coefficient (Wildman–Crippen LogP) is -0.245. The lowest BCUT2D eigenvalue weighted by molar-refractivity contribution is -0.125. The van der Waals surface area contributed by atoms with Crippen molar-refractivity contribution in [3.63, 3.8) is 0 Å². The van der Waals surface area contributed by atoms with Crippen molar-refractivity contribution in [3.05, 3.63) is 18.2 Å². The van der Waals surface area contributed by atoms with Gasteiger partial charge in [0.05, 0.1) is 30.7 Å². The zero-order valence-corrected chi connectivity index (χ0v) is 11.1. The summed E-state index contributed by atoms with van der Waals surface area (Å²) in [5.74, 6) is 0.0442. The van der Waals surface area contributed by atoms with E-state index in [9.17, 15) is 4.79 Å². The SMILES string of the molecule is CO[C@H]1C[C@@H](C(=O)NCc2cn(C)cn2)N(C)C1. The van der Waals surface area contributed by atoms with Crippen molar-refractivity contribution in [2.45, 2.75) is 25.1 Å². The number of aryl methyl sites for hydroxylation is 1. The lowest BCUT2D eigenvalue weighted by Crippen LogP contribution is -2.41. The Morgan fingerprint density at radius 3 is 2.94 bits per heavy atom. The maximum absolute atomic E-state index is 12.1. The summed E-state index contributed by atoms with van der Waals surface area (Å²) in [4.78, 5) is 18.3. The van der Waals surface area contributed by atoms with Crippen LogP contribution in [0.4, 0.5) is 0 Å². The van der Waals surface area contributed by atoms with E-state index in [-0.39, 0.29) is 18.1 Å². The summed E-state index contributed by atoms with van der Waals surface area (Å²) >= 11 is 0. The molecule has 0 bridgehead atoms.